The molecule has 1 unspecified atom stereocenters. The lowest BCUT2D eigenvalue weighted by atomic mass is 10.1. The van der Waals surface area contributed by atoms with E-state index in [1.165, 1.54) is 0 Å². The van der Waals surface area contributed by atoms with Crippen LogP contribution < -0.4 is 5.32 Å². The van der Waals surface area contributed by atoms with Crippen LogP contribution in [0.1, 0.15) is 29.3 Å². The standard InChI is InChI=1S/C12H14INO3/c1-7-4-3-5-9(11(7)13)12(17)14-8(2)6-10(15)16/h3-5,8H,6H2,1-2H3,(H,14,17)(H,15,16). The number of carbonyl (C=O) groups excluding carboxylic acids is 1. The van der Waals surface area contributed by atoms with Crippen molar-refractivity contribution in [1.29, 1.82) is 0 Å². The van der Waals surface area contributed by atoms with Gasteiger partial charge in [0.2, 0.25) is 0 Å². The molecule has 1 atom stereocenters. The van der Waals surface area contributed by atoms with Crippen LogP contribution >= 0.6 is 22.6 Å². The lowest BCUT2D eigenvalue weighted by Gasteiger charge is -2.13. The Morgan fingerprint density at radius 1 is 1.47 bits per heavy atom. The quantitative estimate of drug-likeness (QED) is 0.821. The van der Waals surface area contributed by atoms with Gasteiger partial charge in [0.1, 0.15) is 0 Å². The molecule has 1 aromatic carbocycles. The number of hydrogen-bond acceptors (Lipinski definition) is 2. The molecule has 0 radical (unpaired) electrons. The van der Waals surface area contributed by atoms with E-state index in [1.807, 2.05) is 19.1 Å². The van der Waals surface area contributed by atoms with Crippen molar-refractivity contribution in [2.24, 2.45) is 0 Å². The van der Waals surface area contributed by atoms with Crippen LogP contribution in [-0.2, 0) is 4.79 Å². The number of halogens is 1. The Kier molecular flexibility index (Phi) is 4.92. The summed E-state index contributed by atoms with van der Waals surface area (Å²) in [5.41, 5.74) is 1.62. The highest BCUT2D eigenvalue weighted by Gasteiger charge is 2.15. The van der Waals surface area contributed by atoms with Gasteiger partial charge >= 0.3 is 5.97 Å². The maximum absolute atomic E-state index is 11.9. The summed E-state index contributed by atoms with van der Waals surface area (Å²) in [6.45, 7) is 3.61. The third-order valence-corrected chi connectivity index (χ3v) is 3.73. The average molecular weight is 347 g/mol. The van der Waals surface area contributed by atoms with Gasteiger partial charge in [0.05, 0.1) is 12.0 Å². The van der Waals surface area contributed by atoms with E-state index in [4.69, 9.17) is 5.11 Å². The van der Waals surface area contributed by atoms with Crippen molar-refractivity contribution < 1.29 is 14.7 Å². The summed E-state index contributed by atoms with van der Waals surface area (Å²) in [5.74, 6) is -1.15. The van der Waals surface area contributed by atoms with Gasteiger partial charge in [0.15, 0.2) is 0 Å². The second-order valence-corrected chi connectivity index (χ2v) is 4.99. The van der Waals surface area contributed by atoms with Gasteiger partial charge in [-0.3, -0.25) is 9.59 Å². The van der Waals surface area contributed by atoms with E-state index < -0.39 is 5.97 Å². The van der Waals surface area contributed by atoms with Crippen LogP contribution in [0.25, 0.3) is 0 Å². The Balaban J connectivity index is 2.77. The molecule has 0 aliphatic rings. The molecule has 0 heterocycles. The van der Waals surface area contributed by atoms with Crippen LogP contribution in [0.4, 0.5) is 0 Å². The van der Waals surface area contributed by atoms with Crippen LogP contribution in [0.2, 0.25) is 0 Å². The molecule has 92 valence electrons. The first-order valence-corrected chi connectivity index (χ1v) is 6.27. The first-order valence-electron chi connectivity index (χ1n) is 5.19. The Labute approximate surface area is 114 Å². The lowest BCUT2D eigenvalue weighted by Crippen LogP contribution is -2.34. The molecular weight excluding hydrogens is 333 g/mol. The van der Waals surface area contributed by atoms with Crippen molar-refractivity contribution in [2.75, 3.05) is 0 Å². The van der Waals surface area contributed by atoms with Gasteiger partial charge in [-0.1, -0.05) is 12.1 Å². The SMILES string of the molecule is Cc1cccc(C(=O)NC(C)CC(=O)O)c1I. The first kappa shape index (κ1) is 14.0. The zero-order valence-electron chi connectivity index (χ0n) is 9.66. The van der Waals surface area contributed by atoms with Gasteiger partial charge in [-0.15, -0.1) is 0 Å². The molecule has 0 aliphatic carbocycles. The van der Waals surface area contributed by atoms with Crippen molar-refractivity contribution >= 4 is 34.5 Å². The summed E-state index contributed by atoms with van der Waals surface area (Å²) in [7, 11) is 0. The molecule has 0 fully saturated rings. The maximum Gasteiger partial charge on any atom is 0.305 e. The third-order valence-electron chi connectivity index (χ3n) is 2.29. The Morgan fingerprint density at radius 3 is 2.71 bits per heavy atom. The summed E-state index contributed by atoms with van der Waals surface area (Å²) in [6, 6.07) is 5.10. The Bertz CT molecular complexity index is 445. The largest absolute Gasteiger partial charge is 0.481 e. The maximum atomic E-state index is 11.9. The van der Waals surface area contributed by atoms with E-state index in [9.17, 15) is 9.59 Å². The normalized spacial score (nSPS) is 11.9. The summed E-state index contributed by atoms with van der Waals surface area (Å²) in [6.07, 6.45) is -0.0753. The highest BCUT2D eigenvalue weighted by molar-refractivity contribution is 14.1. The molecule has 1 rings (SSSR count). The molecular formula is C12H14INO3. The van der Waals surface area contributed by atoms with Crippen LogP contribution in [0.15, 0.2) is 18.2 Å². The Morgan fingerprint density at radius 2 is 2.12 bits per heavy atom. The van der Waals surface area contributed by atoms with Gasteiger partial charge in [-0.25, -0.2) is 0 Å². The van der Waals surface area contributed by atoms with E-state index in [0.29, 0.717) is 5.56 Å². The third kappa shape index (κ3) is 3.99. The number of aryl methyl sites for hydroxylation is 1. The summed E-state index contributed by atoms with van der Waals surface area (Å²) in [4.78, 5) is 22.4. The monoisotopic (exact) mass is 347 g/mol. The molecule has 1 amide bonds. The number of carbonyl (C=O) groups is 2. The number of nitrogens with one attached hydrogen (secondary N) is 1. The number of amides is 1. The molecule has 1 aromatic rings. The predicted octanol–water partition coefficient (Wildman–Crippen LogP) is 2.19. The second-order valence-electron chi connectivity index (χ2n) is 3.91. The minimum Gasteiger partial charge on any atom is -0.481 e. The minimum atomic E-state index is -0.920. The molecule has 0 bridgehead atoms. The number of rotatable bonds is 4. The molecule has 0 saturated carbocycles. The molecule has 0 aromatic heterocycles. The van der Waals surface area contributed by atoms with Gasteiger partial charge in [0.25, 0.3) is 5.91 Å². The molecule has 0 aliphatic heterocycles. The molecule has 0 saturated heterocycles. The first-order chi connectivity index (χ1) is 7.91. The topological polar surface area (TPSA) is 66.4 Å². The van der Waals surface area contributed by atoms with Crippen molar-refractivity contribution in [3.63, 3.8) is 0 Å². The van der Waals surface area contributed by atoms with Crippen molar-refractivity contribution in [3.8, 4) is 0 Å². The van der Waals surface area contributed by atoms with Crippen LogP contribution in [-0.4, -0.2) is 23.0 Å². The molecule has 2 N–H and O–H groups in total. The fourth-order valence-corrected chi connectivity index (χ4v) is 2.04. The fourth-order valence-electron chi connectivity index (χ4n) is 1.44. The molecule has 0 spiro atoms. The van der Waals surface area contributed by atoms with E-state index in [1.54, 1.807) is 13.0 Å². The van der Waals surface area contributed by atoms with Crippen molar-refractivity contribution in [1.82, 2.24) is 5.32 Å². The van der Waals surface area contributed by atoms with Crippen LogP contribution in [0.5, 0.6) is 0 Å². The number of carboxylic acids is 1. The van der Waals surface area contributed by atoms with Gasteiger partial charge in [-0.2, -0.15) is 0 Å². The second kappa shape index (κ2) is 6.00. The zero-order chi connectivity index (χ0) is 13.0. The van der Waals surface area contributed by atoms with E-state index in [-0.39, 0.29) is 18.4 Å². The number of hydrogen-bond donors (Lipinski definition) is 2. The molecule has 17 heavy (non-hydrogen) atoms. The fraction of sp³-hybridized carbons (Fsp3) is 0.333. The molecule has 5 heteroatoms. The summed E-state index contributed by atoms with van der Waals surface area (Å²) < 4.78 is 0.894. The van der Waals surface area contributed by atoms with Gasteiger partial charge in [-0.05, 0) is 48.1 Å². The number of carboxylic acid groups (broad SMARTS) is 1. The average Bonchev–Trinajstić information content (AvgIpc) is 2.20. The van der Waals surface area contributed by atoms with Crippen molar-refractivity contribution in [2.45, 2.75) is 26.3 Å². The highest BCUT2D eigenvalue weighted by Crippen LogP contribution is 2.16. The van der Waals surface area contributed by atoms with E-state index in [2.05, 4.69) is 27.9 Å². The smallest absolute Gasteiger partial charge is 0.305 e. The predicted molar refractivity (Wildman–Crippen MR) is 73.1 cm³/mol. The van der Waals surface area contributed by atoms with E-state index in [0.717, 1.165) is 9.13 Å². The number of benzene rings is 1. The minimum absolute atomic E-state index is 0.0753. The highest BCUT2D eigenvalue weighted by atomic mass is 127. The van der Waals surface area contributed by atoms with Gasteiger partial charge < -0.3 is 10.4 Å². The van der Waals surface area contributed by atoms with Crippen LogP contribution in [0, 0.1) is 10.5 Å². The van der Waals surface area contributed by atoms with Crippen molar-refractivity contribution in [3.05, 3.63) is 32.9 Å². The summed E-state index contributed by atoms with van der Waals surface area (Å²) >= 11 is 2.12. The zero-order valence-corrected chi connectivity index (χ0v) is 11.8. The Hall–Kier alpha value is -1.11. The van der Waals surface area contributed by atoms with Gasteiger partial charge in [0, 0.05) is 9.61 Å². The number of aliphatic carboxylic acids is 1. The lowest BCUT2D eigenvalue weighted by molar-refractivity contribution is -0.137. The summed E-state index contributed by atoms with van der Waals surface area (Å²) in [5, 5.41) is 11.3. The molecule has 4 nitrogen and oxygen atoms in total. The van der Waals surface area contributed by atoms with Crippen LogP contribution in [0.3, 0.4) is 0 Å². The van der Waals surface area contributed by atoms with E-state index >= 15 is 0 Å².